The molecule has 4 rings (SSSR count). The number of hydrogen-bond acceptors (Lipinski definition) is 3. The van der Waals surface area contributed by atoms with Gasteiger partial charge in [0.15, 0.2) is 0 Å². The van der Waals surface area contributed by atoms with Crippen LogP contribution in [0.5, 0.6) is 5.75 Å². The molecule has 0 aliphatic carbocycles. The summed E-state index contributed by atoms with van der Waals surface area (Å²) in [6, 6.07) is 29.8. The number of benzene rings is 4. The Labute approximate surface area is 233 Å². The van der Waals surface area contributed by atoms with Crippen LogP contribution in [0, 0.1) is 0 Å². The Morgan fingerprint density at radius 2 is 1.50 bits per heavy atom. The summed E-state index contributed by atoms with van der Waals surface area (Å²) in [6.45, 7) is 0.911. The Morgan fingerprint density at radius 1 is 0.816 bits per heavy atom. The lowest BCUT2D eigenvalue weighted by atomic mass is 10.1. The molecule has 0 unspecified atom stereocenters. The minimum absolute atomic E-state index is 0.0589. The maximum atomic E-state index is 13.5. The van der Waals surface area contributed by atoms with E-state index in [9.17, 15) is 9.59 Å². The Morgan fingerprint density at radius 3 is 2.16 bits per heavy atom. The fourth-order valence-corrected chi connectivity index (χ4v) is 4.52. The summed E-state index contributed by atoms with van der Waals surface area (Å²) in [5, 5.41) is 3.73. The van der Waals surface area contributed by atoms with E-state index in [1.54, 1.807) is 30.2 Å². The van der Waals surface area contributed by atoms with Crippen LogP contribution in [-0.2, 0) is 24.2 Å². The van der Waals surface area contributed by atoms with E-state index in [-0.39, 0.29) is 18.2 Å². The van der Waals surface area contributed by atoms with Crippen molar-refractivity contribution in [1.82, 2.24) is 5.32 Å². The second-order valence-corrected chi connectivity index (χ2v) is 9.64. The third kappa shape index (κ3) is 7.37. The first-order valence-electron chi connectivity index (χ1n) is 12.2. The van der Waals surface area contributed by atoms with E-state index in [0.29, 0.717) is 34.4 Å². The van der Waals surface area contributed by atoms with Crippen molar-refractivity contribution in [2.75, 3.05) is 18.6 Å². The van der Waals surface area contributed by atoms with Gasteiger partial charge in [0.2, 0.25) is 5.91 Å². The van der Waals surface area contributed by atoms with E-state index in [0.717, 1.165) is 28.9 Å². The Bertz CT molecular complexity index is 1370. The van der Waals surface area contributed by atoms with Gasteiger partial charge in [-0.05, 0) is 65.6 Å². The van der Waals surface area contributed by atoms with E-state index in [2.05, 4.69) is 5.32 Å². The zero-order valence-corrected chi connectivity index (χ0v) is 22.5. The molecule has 0 bridgehead atoms. The molecule has 0 aromatic heterocycles. The number of ether oxygens (including phenoxy) is 1. The summed E-state index contributed by atoms with van der Waals surface area (Å²) < 4.78 is 5.17. The molecule has 0 heterocycles. The molecule has 0 saturated heterocycles. The molecule has 5 nitrogen and oxygen atoms in total. The second kappa shape index (κ2) is 13.1. The molecule has 0 atom stereocenters. The van der Waals surface area contributed by atoms with E-state index in [1.807, 2.05) is 78.9 Å². The highest BCUT2D eigenvalue weighted by Crippen LogP contribution is 2.26. The normalized spacial score (nSPS) is 10.6. The third-order valence-electron chi connectivity index (χ3n) is 6.10. The molecule has 1 N–H and O–H groups in total. The molecule has 0 aliphatic rings. The fourth-order valence-electron chi connectivity index (χ4n) is 4.03. The second-order valence-electron chi connectivity index (χ2n) is 8.79. The molecule has 38 heavy (non-hydrogen) atoms. The van der Waals surface area contributed by atoms with Gasteiger partial charge in [-0.1, -0.05) is 77.8 Å². The smallest absolute Gasteiger partial charge is 0.260 e. The summed E-state index contributed by atoms with van der Waals surface area (Å²) in [5.41, 5.74) is 4.03. The average Bonchev–Trinajstić information content (AvgIpc) is 2.93. The topological polar surface area (TPSA) is 58.6 Å². The van der Waals surface area contributed by atoms with Crippen LogP contribution in [-0.4, -0.2) is 25.5 Å². The number of hydrogen-bond donors (Lipinski definition) is 1. The first kappa shape index (κ1) is 27.2. The maximum absolute atomic E-state index is 13.5. The molecule has 194 valence electrons. The minimum atomic E-state index is -0.237. The van der Waals surface area contributed by atoms with Gasteiger partial charge in [0.1, 0.15) is 5.75 Å². The van der Waals surface area contributed by atoms with Crippen molar-refractivity contribution in [3.05, 3.63) is 129 Å². The van der Waals surface area contributed by atoms with Crippen molar-refractivity contribution in [3.8, 4) is 5.75 Å². The highest BCUT2D eigenvalue weighted by molar-refractivity contribution is 6.37. The van der Waals surface area contributed by atoms with Crippen molar-refractivity contribution in [2.24, 2.45) is 0 Å². The molecule has 0 saturated carbocycles. The van der Waals surface area contributed by atoms with Gasteiger partial charge >= 0.3 is 0 Å². The number of carbonyl (C=O) groups excluding carboxylic acids is 2. The highest BCUT2D eigenvalue weighted by Gasteiger charge is 2.21. The van der Waals surface area contributed by atoms with Crippen LogP contribution in [0.15, 0.2) is 97.1 Å². The summed E-state index contributed by atoms with van der Waals surface area (Å²) >= 11 is 12.4. The molecule has 7 heteroatoms. The molecule has 0 aliphatic heterocycles. The standard InChI is InChI=1S/C31H28Cl2N2O3/c1-38-27-14-9-22(10-15-27)17-18-34-30(36)19-23-7-12-26(13-8-23)35(21-24-5-3-2-4-6-24)31(37)28-16-11-25(32)20-29(28)33/h2-16,20H,17-19,21H2,1H3,(H,34,36). The third-order valence-corrected chi connectivity index (χ3v) is 6.65. The summed E-state index contributed by atoms with van der Waals surface area (Å²) in [5.74, 6) is 0.512. The van der Waals surface area contributed by atoms with Gasteiger partial charge in [0.25, 0.3) is 5.91 Å². The Hall–Kier alpha value is -3.80. The molecule has 2 amide bonds. The summed E-state index contributed by atoms with van der Waals surface area (Å²) in [4.78, 5) is 27.7. The zero-order chi connectivity index (χ0) is 26.9. The summed E-state index contributed by atoms with van der Waals surface area (Å²) in [7, 11) is 1.63. The van der Waals surface area contributed by atoms with Crippen LogP contribution in [0.4, 0.5) is 5.69 Å². The monoisotopic (exact) mass is 546 g/mol. The van der Waals surface area contributed by atoms with E-state index in [4.69, 9.17) is 27.9 Å². The highest BCUT2D eigenvalue weighted by atomic mass is 35.5. The number of carbonyl (C=O) groups is 2. The van der Waals surface area contributed by atoms with E-state index in [1.165, 1.54) is 0 Å². The molecular formula is C31H28Cl2N2O3. The zero-order valence-electron chi connectivity index (χ0n) is 21.0. The first-order valence-corrected chi connectivity index (χ1v) is 13.0. The van der Waals surface area contributed by atoms with Gasteiger partial charge in [-0.25, -0.2) is 0 Å². The van der Waals surface area contributed by atoms with Crippen LogP contribution in [0.25, 0.3) is 0 Å². The quantitative estimate of drug-likeness (QED) is 0.239. The van der Waals surface area contributed by atoms with Crippen molar-refractivity contribution < 1.29 is 14.3 Å². The SMILES string of the molecule is COc1ccc(CCNC(=O)Cc2ccc(N(Cc3ccccc3)C(=O)c3ccc(Cl)cc3Cl)cc2)cc1. The van der Waals surface area contributed by atoms with E-state index >= 15 is 0 Å². The minimum Gasteiger partial charge on any atom is -0.497 e. The van der Waals surface area contributed by atoms with Gasteiger partial charge in [-0.15, -0.1) is 0 Å². The van der Waals surface area contributed by atoms with Crippen LogP contribution >= 0.6 is 23.2 Å². The largest absolute Gasteiger partial charge is 0.497 e. The average molecular weight is 547 g/mol. The van der Waals surface area contributed by atoms with Crippen molar-refractivity contribution in [1.29, 1.82) is 0 Å². The molecule has 4 aromatic rings. The molecule has 0 radical (unpaired) electrons. The fraction of sp³-hybridized carbons (Fsp3) is 0.161. The summed E-state index contributed by atoms with van der Waals surface area (Å²) in [6.07, 6.45) is 0.983. The Kier molecular flexibility index (Phi) is 9.41. The Balaban J connectivity index is 1.42. The lowest BCUT2D eigenvalue weighted by Gasteiger charge is -2.24. The van der Waals surface area contributed by atoms with Crippen molar-refractivity contribution in [3.63, 3.8) is 0 Å². The number of amides is 2. The molecule has 4 aromatic carbocycles. The molecule has 0 spiro atoms. The molecular weight excluding hydrogens is 519 g/mol. The van der Waals surface area contributed by atoms with Gasteiger partial charge in [0.05, 0.1) is 30.7 Å². The number of nitrogens with zero attached hydrogens (tertiary/aromatic N) is 1. The van der Waals surface area contributed by atoms with Crippen molar-refractivity contribution >= 4 is 40.7 Å². The maximum Gasteiger partial charge on any atom is 0.260 e. The number of methoxy groups -OCH3 is 1. The number of nitrogens with one attached hydrogen (secondary N) is 1. The molecule has 0 fully saturated rings. The first-order chi connectivity index (χ1) is 18.4. The van der Waals surface area contributed by atoms with Gasteiger partial charge in [0, 0.05) is 17.3 Å². The lowest BCUT2D eigenvalue weighted by Crippen LogP contribution is -2.30. The van der Waals surface area contributed by atoms with Gasteiger partial charge < -0.3 is 15.0 Å². The lowest BCUT2D eigenvalue weighted by molar-refractivity contribution is -0.120. The van der Waals surface area contributed by atoms with Crippen LogP contribution in [0.2, 0.25) is 10.0 Å². The predicted molar refractivity (Wildman–Crippen MR) is 153 cm³/mol. The number of anilines is 1. The predicted octanol–water partition coefficient (Wildman–Crippen LogP) is 6.75. The van der Waals surface area contributed by atoms with Gasteiger partial charge in [-0.2, -0.15) is 0 Å². The van der Waals surface area contributed by atoms with E-state index < -0.39 is 0 Å². The van der Waals surface area contributed by atoms with Gasteiger partial charge in [-0.3, -0.25) is 9.59 Å². The van der Waals surface area contributed by atoms with Crippen LogP contribution in [0.3, 0.4) is 0 Å². The van der Waals surface area contributed by atoms with Crippen LogP contribution in [0.1, 0.15) is 27.0 Å². The number of rotatable bonds is 10. The van der Waals surface area contributed by atoms with Crippen molar-refractivity contribution in [2.45, 2.75) is 19.4 Å². The van der Waals surface area contributed by atoms with Crippen LogP contribution < -0.4 is 15.0 Å². The number of halogens is 2.